The molecule has 1 amide bonds. The molecule has 0 spiro atoms. The zero-order chi connectivity index (χ0) is 14.5. The smallest absolute Gasteiger partial charge is 0.407 e. The van der Waals surface area contributed by atoms with Crippen LogP contribution in [0.2, 0.25) is 0 Å². The van der Waals surface area contributed by atoms with E-state index in [9.17, 15) is 9.59 Å². The summed E-state index contributed by atoms with van der Waals surface area (Å²) < 4.78 is 10.4. The van der Waals surface area contributed by atoms with Gasteiger partial charge in [-0.05, 0) is 39.0 Å². The van der Waals surface area contributed by atoms with Crippen molar-refractivity contribution in [1.29, 1.82) is 0 Å². The van der Waals surface area contributed by atoms with Gasteiger partial charge in [-0.3, -0.25) is 4.79 Å². The Hall–Kier alpha value is -1.30. The van der Waals surface area contributed by atoms with E-state index in [0.29, 0.717) is 19.8 Å². The highest BCUT2D eigenvalue weighted by Crippen LogP contribution is 2.24. The standard InChI is InChI=1S/C13H23NO5/c1-13(2,3)19-12(17)14-7-9-4-5-18-8-10(9)6-11(15)16/h9-10H,4-8H2,1-3H3,(H,14,17)(H,15,16). The molecule has 110 valence electrons. The lowest BCUT2D eigenvalue weighted by molar-refractivity contribution is -0.140. The lowest BCUT2D eigenvalue weighted by atomic mass is 9.86. The molecule has 0 aliphatic carbocycles. The van der Waals surface area contributed by atoms with E-state index in [-0.39, 0.29) is 18.3 Å². The number of carboxylic acid groups (broad SMARTS) is 1. The molecule has 1 heterocycles. The molecule has 0 aromatic carbocycles. The van der Waals surface area contributed by atoms with Crippen LogP contribution < -0.4 is 5.32 Å². The molecule has 19 heavy (non-hydrogen) atoms. The van der Waals surface area contributed by atoms with Gasteiger partial charge in [-0.1, -0.05) is 0 Å². The highest BCUT2D eigenvalue weighted by molar-refractivity contribution is 5.68. The molecule has 6 heteroatoms. The molecule has 1 saturated heterocycles. The lowest BCUT2D eigenvalue weighted by Gasteiger charge is -2.31. The average molecular weight is 273 g/mol. The maximum absolute atomic E-state index is 11.5. The van der Waals surface area contributed by atoms with Crippen molar-refractivity contribution >= 4 is 12.1 Å². The molecule has 2 atom stereocenters. The number of carbonyl (C=O) groups is 2. The summed E-state index contributed by atoms with van der Waals surface area (Å²) in [7, 11) is 0. The molecule has 0 radical (unpaired) electrons. The number of rotatable bonds is 4. The van der Waals surface area contributed by atoms with Crippen LogP contribution in [0.25, 0.3) is 0 Å². The number of hydrogen-bond donors (Lipinski definition) is 2. The van der Waals surface area contributed by atoms with Gasteiger partial charge in [-0.25, -0.2) is 4.79 Å². The molecule has 0 aromatic rings. The molecule has 1 rings (SSSR count). The molecule has 0 aromatic heterocycles. The van der Waals surface area contributed by atoms with Crippen molar-refractivity contribution in [3.63, 3.8) is 0 Å². The molecule has 2 unspecified atom stereocenters. The Kier molecular flexibility index (Phi) is 5.60. The molecule has 1 aliphatic rings. The number of hydrogen-bond acceptors (Lipinski definition) is 4. The first-order valence-electron chi connectivity index (χ1n) is 6.54. The second-order valence-corrected chi connectivity index (χ2v) is 5.86. The van der Waals surface area contributed by atoms with Crippen LogP contribution in [0.4, 0.5) is 4.79 Å². The van der Waals surface area contributed by atoms with E-state index < -0.39 is 17.7 Å². The normalized spacial score (nSPS) is 23.7. The lowest BCUT2D eigenvalue weighted by Crippen LogP contribution is -2.40. The maximum Gasteiger partial charge on any atom is 0.407 e. The summed E-state index contributed by atoms with van der Waals surface area (Å²) in [5.74, 6) is -0.767. The average Bonchev–Trinajstić information content (AvgIpc) is 2.24. The van der Waals surface area contributed by atoms with E-state index in [4.69, 9.17) is 14.6 Å². The third-order valence-electron chi connectivity index (χ3n) is 2.98. The van der Waals surface area contributed by atoms with E-state index in [1.165, 1.54) is 0 Å². The predicted molar refractivity (Wildman–Crippen MR) is 68.9 cm³/mol. The van der Waals surface area contributed by atoms with E-state index in [1.54, 1.807) is 20.8 Å². The van der Waals surface area contributed by atoms with Gasteiger partial charge in [0.2, 0.25) is 0 Å². The number of aliphatic carboxylic acids is 1. The fourth-order valence-electron chi connectivity index (χ4n) is 2.09. The first-order valence-corrected chi connectivity index (χ1v) is 6.54. The van der Waals surface area contributed by atoms with Gasteiger partial charge >= 0.3 is 12.1 Å². The molecule has 1 fully saturated rings. The van der Waals surface area contributed by atoms with Gasteiger partial charge in [-0.15, -0.1) is 0 Å². The molecule has 6 nitrogen and oxygen atoms in total. The summed E-state index contributed by atoms with van der Waals surface area (Å²) >= 11 is 0. The van der Waals surface area contributed by atoms with Crippen molar-refractivity contribution in [3.8, 4) is 0 Å². The SMILES string of the molecule is CC(C)(C)OC(=O)NCC1CCOCC1CC(=O)O. The van der Waals surface area contributed by atoms with Crippen LogP contribution in [-0.2, 0) is 14.3 Å². The Morgan fingerprint density at radius 2 is 2.05 bits per heavy atom. The second-order valence-electron chi connectivity index (χ2n) is 5.86. The van der Waals surface area contributed by atoms with Crippen molar-refractivity contribution in [2.45, 2.75) is 39.2 Å². The maximum atomic E-state index is 11.5. The monoisotopic (exact) mass is 273 g/mol. The van der Waals surface area contributed by atoms with Gasteiger partial charge in [0.25, 0.3) is 0 Å². The van der Waals surface area contributed by atoms with E-state index in [2.05, 4.69) is 5.32 Å². The molecule has 1 aliphatic heterocycles. The van der Waals surface area contributed by atoms with Gasteiger partial charge in [0.15, 0.2) is 0 Å². The number of alkyl carbamates (subject to hydrolysis) is 1. The van der Waals surface area contributed by atoms with Crippen LogP contribution in [-0.4, -0.2) is 42.5 Å². The zero-order valence-corrected chi connectivity index (χ0v) is 11.8. The largest absolute Gasteiger partial charge is 0.481 e. The Morgan fingerprint density at radius 3 is 2.63 bits per heavy atom. The summed E-state index contributed by atoms with van der Waals surface area (Å²) in [6, 6.07) is 0. The van der Waals surface area contributed by atoms with E-state index >= 15 is 0 Å². The zero-order valence-electron chi connectivity index (χ0n) is 11.8. The predicted octanol–water partition coefficient (Wildman–Crippen LogP) is 1.64. The van der Waals surface area contributed by atoms with Crippen LogP contribution in [0.15, 0.2) is 0 Å². The van der Waals surface area contributed by atoms with E-state index in [0.717, 1.165) is 6.42 Å². The molecule has 2 N–H and O–H groups in total. The van der Waals surface area contributed by atoms with Crippen molar-refractivity contribution in [2.24, 2.45) is 11.8 Å². The minimum Gasteiger partial charge on any atom is -0.481 e. The third-order valence-corrected chi connectivity index (χ3v) is 2.98. The number of nitrogens with one attached hydrogen (secondary N) is 1. The summed E-state index contributed by atoms with van der Waals surface area (Å²) in [5, 5.41) is 11.5. The number of carboxylic acids is 1. The van der Waals surface area contributed by atoms with Gasteiger partial charge in [-0.2, -0.15) is 0 Å². The van der Waals surface area contributed by atoms with Crippen LogP contribution in [0, 0.1) is 11.8 Å². The summed E-state index contributed by atoms with van der Waals surface area (Å²) in [6.45, 7) is 6.87. The van der Waals surface area contributed by atoms with Crippen LogP contribution >= 0.6 is 0 Å². The Labute approximate surface area is 113 Å². The van der Waals surface area contributed by atoms with Crippen LogP contribution in [0.3, 0.4) is 0 Å². The van der Waals surface area contributed by atoms with E-state index in [1.807, 2.05) is 0 Å². The Bertz CT molecular complexity index is 323. The van der Waals surface area contributed by atoms with Crippen molar-refractivity contribution in [3.05, 3.63) is 0 Å². The third kappa shape index (κ3) is 6.42. The van der Waals surface area contributed by atoms with Crippen molar-refractivity contribution < 1.29 is 24.2 Å². The summed E-state index contributed by atoms with van der Waals surface area (Å²) in [6.07, 6.45) is 0.363. The first kappa shape index (κ1) is 15.8. The van der Waals surface area contributed by atoms with Gasteiger partial charge in [0.1, 0.15) is 5.60 Å². The van der Waals surface area contributed by atoms with Gasteiger partial charge in [0.05, 0.1) is 13.0 Å². The molecular weight excluding hydrogens is 250 g/mol. The fourth-order valence-corrected chi connectivity index (χ4v) is 2.09. The number of ether oxygens (including phenoxy) is 2. The highest BCUT2D eigenvalue weighted by atomic mass is 16.6. The molecular formula is C13H23NO5. The van der Waals surface area contributed by atoms with Crippen LogP contribution in [0.5, 0.6) is 0 Å². The van der Waals surface area contributed by atoms with Crippen molar-refractivity contribution in [2.75, 3.05) is 19.8 Å². The Balaban J connectivity index is 2.40. The molecule has 0 bridgehead atoms. The number of carbonyl (C=O) groups excluding carboxylic acids is 1. The van der Waals surface area contributed by atoms with Crippen molar-refractivity contribution in [1.82, 2.24) is 5.32 Å². The van der Waals surface area contributed by atoms with Crippen LogP contribution in [0.1, 0.15) is 33.6 Å². The quantitative estimate of drug-likeness (QED) is 0.813. The number of amides is 1. The molecule has 0 saturated carbocycles. The van der Waals surface area contributed by atoms with Gasteiger partial charge in [0, 0.05) is 13.2 Å². The minimum absolute atomic E-state index is 0.0545. The van der Waals surface area contributed by atoms with Gasteiger partial charge < -0.3 is 19.9 Å². The first-order chi connectivity index (χ1) is 8.78. The fraction of sp³-hybridized carbons (Fsp3) is 0.846. The topological polar surface area (TPSA) is 84.9 Å². The summed E-state index contributed by atoms with van der Waals surface area (Å²) in [4.78, 5) is 22.3. The summed E-state index contributed by atoms with van der Waals surface area (Å²) in [5.41, 5.74) is -0.528. The highest BCUT2D eigenvalue weighted by Gasteiger charge is 2.28. The minimum atomic E-state index is -0.835. The Morgan fingerprint density at radius 1 is 1.37 bits per heavy atom. The second kappa shape index (κ2) is 6.75.